The number of carbonyl (C=O) groups is 2. The zero-order chi connectivity index (χ0) is 42.8. The number of carbonyl (C=O) groups excluding carboxylic acids is 2. The van der Waals surface area contributed by atoms with Gasteiger partial charge in [-0.3, -0.25) is 9.59 Å². The molecule has 1 aromatic heterocycles. The Hall–Kier alpha value is -4.02. The molecule has 1 aliphatic rings. The monoisotopic (exact) mass is 856 g/mol. The highest BCUT2D eigenvalue weighted by molar-refractivity contribution is 5.90. The summed E-state index contributed by atoms with van der Waals surface area (Å²) in [6, 6.07) is 10.8. The minimum atomic E-state index is -4.60. The predicted octanol–water partition coefficient (Wildman–Crippen LogP) is 2.87. The fourth-order valence-corrected chi connectivity index (χ4v) is 5.97. The van der Waals surface area contributed by atoms with Crippen LogP contribution in [0.3, 0.4) is 0 Å². The average molecular weight is 857 g/mol. The second-order valence-electron chi connectivity index (χ2n) is 13.3. The number of amides is 1. The number of ether oxygens (including phenoxy) is 10. The lowest BCUT2D eigenvalue weighted by Crippen LogP contribution is -2.31. The topological polar surface area (TPSA) is 192 Å². The van der Waals surface area contributed by atoms with Crippen LogP contribution in [0, 0.1) is 0 Å². The number of hydrogen-bond acceptors (Lipinski definition) is 14. The third kappa shape index (κ3) is 17.9. The van der Waals surface area contributed by atoms with E-state index in [0.29, 0.717) is 116 Å². The summed E-state index contributed by atoms with van der Waals surface area (Å²) in [4.78, 5) is 40.6. The zero-order valence-corrected chi connectivity index (χ0v) is 33.5. The van der Waals surface area contributed by atoms with Gasteiger partial charge >= 0.3 is 12.1 Å². The summed E-state index contributed by atoms with van der Waals surface area (Å²) in [6.45, 7) is 6.40. The van der Waals surface area contributed by atoms with Gasteiger partial charge in [0.05, 0.1) is 136 Å². The number of aromatic nitrogens is 1. The third-order valence-electron chi connectivity index (χ3n) is 8.86. The molecule has 2 aromatic carbocycles. The molecule has 60 heavy (non-hydrogen) atoms. The Labute approximate surface area is 345 Å². The molecule has 2 heterocycles. The van der Waals surface area contributed by atoms with E-state index in [1.165, 1.54) is 24.3 Å². The molecule has 0 aliphatic carbocycles. The molecule has 3 N–H and O–H groups in total. The highest BCUT2D eigenvalue weighted by Gasteiger charge is 2.35. The van der Waals surface area contributed by atoms with Crippen LogP contribution >= 0.6 is 0 Å². The molecular formula is C41H55F3N2O14. The number of esters is 1. The summed E-state index contributed by atoms with van der Waals surface area (Å²) in [5.74, 6) is -1.52. The fraction of sp³-hybridized carbons (Fsp3) is 0.585. The Morgan fingerprint density at radius 1 is 0.667 bits per heavy atom. The van der Waals surface area contributed by atoms with E-state index in [1.54, 1.807) is 18.2 Å². The molecular weight excluding hydrogens is 801 g/mol. The maximum absolute atomic E-state index is 13.6. The molecule has 0 radical (unpaired) electrons. The molecule has 1 amide bonds. The van der Waals surface area contributed by atoms with Gasteiger partial charge in [-0.05, 0) is 35.6 Å². The van der Waals surface area contributed by atoms with Crippen LogP contribution in [0.4, 0.5) is 13.2 Å². The van der Waals surface area contributed by atoms with Crippen LogP contribution in [0.25, 0.3) is 22.0 Å². The SMILES string of the molecule is O=C(COCCOCCOCCOCCOCCOCCOCCOCCOCCO)OCC1C[C@@H](c2ccc3cc(-c4ccccc4C(F)(F)F)[nH]c(=O)c3c2)C(=O)N1. The van der Waals surface area contributed by atoms with Gasteiger partial charge in [-0.2, -0.15) is 13.2 Å². The van der Waals surface area contributed by atoms with Gasteiger partial charge in [-0.1, -0.05) is 30.3 Å². The molecule has 1 aliphatic heterocycles. The van der Waals surface area contributed by atoms with Gasteiger partial charge in [0.25, 0.3) is 5.56 Å². The minimum Gasteiger partial charge on any atom is -0.462 e. The van der Waals surface area contributed by atoms with Gasteiger partial charge in [0.2, 0.25) is 5.91 Å². The summed E-state index contributed by atoms with van der Waals surface area (Å²) in [5, 5.41) is 12.1. The standard InChI is InChI=1S/C41H55F3N2O14/c42-41(43,44)36-4-2-1-3-33(36)37-26-31-6-5-30(25-34(31)40(50)46-37)35-27-32(45-39(35)49)28-60-38(48)29-59-24-23-58-22-21-57-20-19-56-18-17-55-16-15-54-14-13-53-12-11-52-10-9-51-8-7-47/h1-6,25-26,32,35,47H,7-24,27-29H2,(H,45,49)(H,46,50)/t32?,35-/m0/s1. The number of aliphatic hydroxyl groups excluding tert-OH is 1. The Bertz CT molecular complexity index is 1760. The summed E-state index contributed by atoms with van der Waals surface area (Å²) in [6.07, 6.45) is -4.29. The maximum atomic E-state index is 13.6. The van der Waals surface area contributed by atoms with Crippen molar-refractivity contribution < 1.29 is 75.2 Å². The Morgan fingerprint density at radius 2 is 1.17 bits per heavy atom. The van der Waals surface area contributed by atoms with Crippen LogP contribution in [-0.2, 0) is 63.1 Å². The summed E-state index contributed by atoms with van der Waals surface area (Å²) >= 11 is 0. The van der Waals surface area contributed by atoms with Crippen molar-refractivity contribution in [3.8, 4) is 11.3 Å². The van der Waals surface area contributed by atoms with E-state index in [-0.39, 0.29) is 55.6 Å². The van der Waals surface area contributed by atoms with Crippen LogP contribution in [0.15, 0.2) is 53.3 Å². The van der Waals surface area contributed by atoms with Crippen molar-refractivity contribution in [2.45, 2.75) is 24.6 Å². The quantitative estimate of drug-likeness (QED) is 0.0614. The average Bonchev–Trinajstić information content (AvgIpc) is 3.62. The minimum absolute atomic E-state index is 0.00151. The van der Waals surface area contributed by atoms with Gasteiger partial charge < -0.3 is 62.8 Å². The van der Waals surface area contributed by atoms with Crippen molar-refractivity contribution in [3.63, 3.8) is 0 Å². The Balaban J connectivity index is 0.952. The molecule has 1 fully saturated rings. The molecule has 4 rings (SSSR count). The van der Waals surface area contributed by atoms with Gasteiger partial charge in [-0.15, -0.1) is 0 Å². The van der Waals surface area contributed by atoms with Crippen molar-refractivity contribution in [2.24, 2.45) is 0 Å². The maximum Gasteiger partial charge on any atom is 0.417 e. The van der Waals surface area contributed by atoms with E-state index in [4.69, 9.17) is 52.5 Å². The van der Waals surface area contributed by atoms with Crippen LogP contribution in [0.5, 0.6) is 0 Å². The number of fused-ring (bicyclic) bond motifs is 1. The fourth-order valence-electron chi connectivity index (χ4n) is 5.97. The number of aromatic amines is 1. The van der Waals surface area contributed by atoms with Crippen molar-refractivity contribution >= 4 is 22.6 Å². The number of rotatable bonds is 32. The number of hydrogen-bond donors (Lipinski definition) is 3. The van der Waals surface area contributed by atoms with Crippen LogP contribution < -0.4 is 10.9 Å². The normalized spacial score (nSPS) is 15.5. The number of H-pyrrole nitrogens is 1. The summed E-state index contributed by atoms with van der Waals surface area (Å²) in [7, 11) is 0. The molecule has 3 aromatic rings. The van der Waals surface area contributed by atoms with Gasteiger partial charge in [0, 0.05) is 16.6 Å². The second kappa shape index (κ2) is 27.8. The van der Waals surface area contributed by atoms with E-state index in [2.05, 4.69) is 10.3 Å². The summed E-state index contributed by atoms with van der Waals surface area (Å²) in [5.41, 5.74) is -1.00. The number of aliphatic hydroxyl groups is 1. The van der Waals surface area contributed by atoms with Gasteiger partial charge in [-0.25, -0.2) is 4.79 Å². The zero-order valence-electron chi connectivity index (χ0n) is 33.5. The van der Waals surface area contributed by atoms with E-state index >= 15 is 0 Å². The molecule has 334 valence electrons. The number of benzene rings is 2. The molecule has 0 bridgehead atoms. The first kappa shape index (κ1) is 48.6. The lowest BCUT2D eigenvalue weighted by Gasteiger charge is -2.14. The van der Waals surface area contributed by atoms with Crippen LogP contribution in [0.2, 0.25) is 0 Å². The third-order valence-corrected chi connectivity index (χ3v) is 8.86. The van der Waals surface area contributed by atoms with Gasteiger partial charge in [0.15, 0.2) is 0 Å². The first-order valence-electron chi connectivity index (χ1n) is 19.8. The van der Waals surface area contributed by atoms with Crippen molar-refractivity contribution in [2.75, 3.05) is 132 Å². The van der Waals surface area contributed by atoms with E-state index < -0.39 is 35.2 Å². The molecule has 19 heteroatoms. The van der Waals surface area contributed by atoms with E-state index in [0.717, 1.165) is 6.07 Å². The number of pyridine rings is 1. The van der Waals surface area contributed by atoms with Crippen LogP contribution in [-0.4, -0.2) is 160 Å². The molecule has 0 spiro atoms. The lowest BCUT2D eigenvalue weighted by molar-refractivity contribution is -0.150. The van der Waals surface area contributed by atoms with Crippen LogP contribution in [0.1, 0.15) is 23.5 Å². The first-order chi connectivity index (χ1) is 29.2. The highest BCUT2D eigenvalue weighted by atomic mass is 19.4. The smallest absolute Gasteiger partial charge is 0.417 e. The molecule has 1 saturated heterocycles. The number of nitrogens with one attached hydrogen (secondary N) is 2. The Kier molecular flexibility index (Phi) is 22.5. The first-order valence-corrected chi connectivity index (χ1v) is 19.8. The van der Waals surface area contributed by atoms with E-state index in [1.807, 2.05) is 0 Å². The number of alkyl halides is 3. The second-order valence-corrected chi connectivity index (χ2v) is 13.3. The van der Waals surface area contributed by atoms with Crippen molar-refractivity contribution in [3.05, 3.63) is 70.0 Å². The van der Waals surface area contributed by atoms with E-state index in [9.17, 15) is 27.6 Å². The van der Waals surface area contributed by atoms with Crippen molar-refractivity contribution in [1.29, 1.82) is 0 Å². The largest absolute Gasteiger partial charge is 0.462 e. The molecule has 2 atom stereocenters. The van der Waals surface area contributed by atoms with Crippen molar-refractivity contribution in [1.82, 2.24) is 10.3 Å². The molecule has 1 unspecified atom stereocenters. The number of halogens is 3. The Morgan fingerprint density at radius 3 is 1.68 bits per heavy atom. The molecule has 16 nitrogen and oxygen atoms in total. The lowest BCUT2D eigenvalue weighted by atomic mass is 9.93. The van der Waals surface area contributed by atoms with Gasteiger partial charge in [0.1, 0.15) is 13.2 Å². The summed E-state index contributed by atoms with van der Waals surface area (Å²) < 4.78 is 94.4. The molecule has 0 saturated carbocycles. The highest BCUT2D eigenvalue weighted by Crippen LogP contribution is 2.37. The predicted molar refractivity (Wildman–Crippen MR) is 210 cm³/mol.